The highest BCUT2D eigenvalue weighted by Gasteiger charge is 2.24. The van der Waals surface area contributed by atoms with Gasteiger partial charge in [0.25, 0.3) is 5.56 Å². The van der Waals surface area contributed by atoms with Crippen molar-refractivity contribution in [1.82, 2.24) is 28.9 Å². The summed E-state index contributed by atoms with van der Waals surface area (Å²) in [5.74, 6) is 0.650. The van der Waals surface area contributed by atoms with Crippen molar-refractivity contribution >= 4 is 11.2 Å². The van der Waals surface area contributed by atoms with Crippen LogP contribution in [0.15, 0.2) is 57.0 Å². The summed E-state index contributed by atoms with van der Waals surface area (Å²) in [5, 5.41) is 4.19. The van der Waals surface area contributed by atoms with Gasteiger partial charge in [0.15, 0.2) is 11.2 Å². The summed E-state index contributed by atoms with van der Waals surface area (Å²) in [5.41, 5.74) is 0.555. The molecule has 3 heterocycles. The fourth-order valence-electron chi connectivity index (χ4n) is 3.14. The van der Waals surface area contributed by atoms with E-state index in [1.165, 1.54) is 21.9 Å². The van der Waals surface area contributed by atoms with Crippen molar-refractivity contribution in [3.63, 3.8) is 0 Å². The molecule has 1 aliphatic carbocycles. The predicted molar refractivity (Wildman–Crippen MR) is 109 cm³/mol. The standard InChI is InChI=1S/C13H14N6O3.C7H8O/c1-17-6-14-11-10(17)12(20)18(7-15-11)5-9-16-19(13(21)22-9)8-3-2-4-8;1-8-7-5-3-2-4-6-7/h6-8H,2-5H2,1H3;2-6H,1H3. The Labute approximate surface area is 171 Å². The van der Waals surface area contributed by atoms with Crippen LogP contribution in [0.5, 0.6) is 5.75 Å². The van der Waals surface area contributed by atoms with Crippen molar-refractivity contribution < 1.29 is 9.15 Å². The van der Waals surface area contributed by atoms with Crippen molar-refractivity contribution in [2.75, 3.05) is 7.11 Å². The molecule has 0 unspecified atom stereocenters. The van der Waals surface area contributed by atoms with E-state index in [9.17, 15) is 9.59 Å². The van der Waals surface area contributed by atoms with Gasteiger partial charge in [0.05, 0.1) is 19.5 Å². The van der Waals surface area contributed by atoms with E-state index in [1.807, 2.05) is 30.3 Å². The lowest BCUT2D eigenvalue weighted by molar-refractivity contribution is 0.272. The van der Waals surface area contributed by atoms with Crippen LogP contribution < -0.4 is 16.1 Å². The molecule has 1 aromatic carbocycles. The number of rotatable bonds is 4. The van der Waals surface area contributed by atoms with Gasteiger partial charge in [-0.3, -0.25) is 9.36 Å². The maximum absolute atomic E-state index is 12.4. The second kappa shape index (κ2) is 8.36. The molecule has 0 spiro atoms. The first-order valence-electron chi connectivity index (χ1n) is 9.61. The van der Waals surface area contributed by atoms with Crippen molar-refractivity contribution in [3.05, 3.63) is 69.8 Å². The summed E-state index contributed by atoms with van der Waals surface area (Å²) in [4.78, 5) is 32.4. The fraction of sp³-hybridized carbons (Fsp3) is 0.350. The van der Waals surface area contributed by atoms with Gasteiger partial charge in [-0.1, -0.05) is 18.2 Å². The number of benzene rings is 1. The molecule has 0 aliphatic heterocycles. The molecule has 0 saturated heterocycles. The third kappa shape index (κ3) is 3.88. The van der Waals surface area contributed by atoms with E-state index < -0.39 is 5.76 Å². The molecule has 3 aromatic heterocycles. The fourth-order valence-corrected chi connectivity index (χ4v) is 3.14. The van der Waals surface area contributed by atoms with Gasteiger partial charge in [0, 0.05) is 7.05 Å². The van der Waals surface area contributed by atoms with Crippen LogP contribution in [0.4, 0.5) is 0 Å². The minimum atomic E-state index is -0.470. The van der Waals surface area contributed by atoms with E-state index in [0.717, 1.165) is 25.0 Å². The van der Waals surface area contributed by atoms with Crippen LogP contribution in [-0.4, -0.2) is 36.0 Å². The molecule has 0 radical (unpaired) electrons. The van der Waals surface area contributed by atoms with Crippen LogP contribution >= 0.6 is 0 Å². The lowest BCUT2D eigenvalue weighted by Crippen LogP contribution is -2.27. The highest BCUT2D eigenvalue weighted by Crippen LogP contribution is 2.29. The van der Waals surface area contributed by atoms with Gasteiger partial charge < -0.3 is 13.7 Å². The van der Waals surface area contributed by atoms with Crippen molar-refractivity contribution in [2.24, 2.45) is 7.05 Å². The van der Waals surface area contributed by atoms with Crippen molar-refractivity contribution in [2.45, 2.75) is 31.8 Å². The van der Waals surface area contributed by atoms with Gasteiger partial charge >= 0.3 is 5.76 Å². The molecule has 5 rings (SSSR count). The van der Waals surface area contributed by atoms with Crippen LogP contribution in [0.1, 0.15) is 31.2 Å². The van der Waals surface area contributed by atoms with E-state index >= 15 is 0 Å². The summed E-state index contributed by atoms with van der Waals surface area (Å²) in [6, 6.07) is 9.81. The molecular formula is C20H22N6O4. The molecule has 156 valence electrons. The van der Waals surface area contributed by atoms with Crippen LogP contribution in [0.2, 0.25) is 0 Å². The Balaban J connectivity index is 0.000000230. The minimum absolute atomic E-state index is 0.0713. The van der Waals surface area contributed by atoms with Crippen LogP contribution in [-0.2, 0) is 13.6 Å². The molecule has 4 aromatic rings. The van der Waals surface area contributed by atoms with E-state index in [1.54, 1.807) is 18.7 Å². The second-order valence-electron chi connectivity index (χ2n) is 7.01. The average molecular weight is 410 g/mol. The summed E-state index contributed by atoms with van der Waals surface area (Å²) in [6.07, 6.45) is 5.90. The molecule has 30 heavy (non-hydrogen) atoms. The van der Waals surface area contributed by atoms with Crippen LogP contribution in [0.3, 0.4) is 0 Å². The van der Waals surface area contributed by atoms with Crippen molar-refractivity contribution in [3.8, 4) is 5.75 Å². The molecule has 1 saturated carbocycles. The summed E-state index contributed by atoms with van der Waals surface area (Å²) in [7, 11) is 3.39. The first kappa shape index (κ1) is 19.6. The number of methoxy groups -OCH3 is 1. The molecule has 10 nitrogen and oxygen atoms in total. The summed E-state index contributed by atoms with van der Waals surface area (Å²) in [6.45, 7) is 0.0713. The largest absolute Gasteiger partial charge is 0.497 e. The monoisotopic (exact) mass is 410 g/mol. The third-order valence-electron chi connectivity index (χ3n) is 5.02. The number of ether oxygens (including phenoxy) is 1. The Bertz CT molecular complexity index is 1250. The Morgan fingerprint density at radius 2 is 1.87 bits per heavy atom. The van der Waals surface area contributed by atoms with E-state index in [2.05, 4.69) is 15.1 Å². The first-order chi connectivity index (χ1) is 14.6. The number of nitrogens with zero attached hydrogens (tertiary/aromatic N) is 6. The Morgan fingerprint density at radius 3 is 2.50 bits per heavy atom. The van der Waals surface area contributed by atoms with Crippen molar-refractivity contribution in [1.29, 1.82) is 0 Å². The van der Waals surface area contributed by atoms with Gasteiger partial charge in [0.1, 0.15) is 18.6 Å². The molecular weight excluding hydrogens is 388 g/mol. The molecule has 0 bridgehead atoms. The molecule has 0 amide bonds. The zero-order valence-corrected chi connectivity index (χ0v) is 16.8. The highest BCUT2D eigenvalue weighted by molar-refractivity contribution is 5.68. The molecule has 0 atom stereocenters. The first-order valence-corrected chi connectivity index (χ1v) is 9.61. The summed E-state index contributed by atoms with van der Waals surface area (Å²) < 4.78 is 14.4. The Morgan fingerprint density at radius 1 is 1.13 bits per heavy atom. The van der Waals surface area contributed by atoms with Gasteiger partial charge in [-0.15, -0.1) is 5.10 Å². The minimum Gasteiger partial charge on any atom is -0.497 e. The number of para-hydroxylation sites is 1. The van der Waals surface area contributed by atoms with E-state index in [-0.39, 0.29) is 24.0 Å². The molecule has 0 N–H and O–H groups in total. The average Bonchev–Trinajstić information content (AvgIpc) is 3.27. The number of fused-ring (bicyclic) bond motifs is 1. The smallest absolute Gasteiger partial charge is 0.437 e. The predicted octanol–water partition coefficient (Wildman–Crippen LogP) is 1.75. The summed E-state index contributed by atoms with van der Waals surface area (Å²) >= 11 is 0. The number of hydrogen-bond acceptors (Lipinski definition) is 7. The quantitative estimate of drug-likeness (QED) is 0.504. The van der Waals surface area contributed by atoms with Gasteiger partial charge in [-0.25, -0.2) is 14.8 Å². The lowest BCUT2D eigenvalue weighted by atomic mass is 9.94. The van der Waals surface area contributed by atoms with Crippen LogP contribution in [0, 0.1) is 0 Å². The van der Waals surface area contributed by atoms with E-state index in [0.29, 0.717) is 11.2 Å². The van der Waals surface area contributed by atoms with Gasteiger partial charge in [0.2, 0.25) is 5.89 Å². The molecule has 1 aliphatic rings. The maximum atomic E-state index is 12.4. The number of imidazole rings is 1. The SMILES string of the molecule is COc1ccccc1.Cn1cnc2ncn(Cc3nn(C4CCC4)c(=O)o3)c(=O)c21. The normalized spacial score (nSPS) is 13.5. The van der Waals surface area contributed by atoms with Gasteiger partial charge in [-0.2, -0.15) is 4.68 Å². The second-order valence-corrected chi connectivity index (χ2v) is 7.01. The zero-order chi connectivity index (χ0) is 21.1. The topological polar surface area (TPSA) is 110 Å². The highest BCUT2D eigenvalue weighted by atomic mass is 16.5. The van der Waals surface area contributed by atoms with Gasteiger partial charge in [-0.05, 0) is 31.4 Å². The third-order valence-corrected chi connectivity index (χ3v) is 5.02. The van der Waals surface area contributed by atoms with E-state index in [4.69, 9.17) is 9.15 Å². The number of hydrogen-bond donors (Lipinski definition) is 0. The molecule has 10 heteroatoms. The molecule has 1 fully saturated rings. The Hall–Kier alpha value is -3.69. The number of aromatic nitrogens is 6. The maximum Gasteiger partial charge on any atom is 0.437 e. The zero-order valence-electron chi connectivity index (χ0n) is 16.8. The number of aryl methyl sites for hydroxylation is 1. The lowest BCUT2D eigenvalue weighted by Gasteiger charge is -2.23. The van der Waals surface area contributed by atoms with Crippen LogP contribution in [0.25, 0.3) is 11.2 Å². The Kier molecular flexibility index (Phi) is 5.46.